The van der Waals surface area contributed by atoms with Gasteiger partial charge < -0.3 is 61.4 Å². The van der Waals surface area contributed by atoms with Gasteiger partial charge in [0, 0.05) is 61.5 Å². The fraction of sp³-hybridized carbons (Fsp3) is 0.667. The second-order valence-electron chi connectivity index (χ2n) is 12.0. The zero-order valence-electron chi connectivity index (χ0n) is 31.2. The quantitative estimate of drug-likeness (QED) is 0.156. The van der Waals surface area contributed by atoms with Gasteiger partial charge in [-0.15, -0.1) is 0 Å². The van der Waals surface area contributed by atoms with Gasteiger partial charge in [0.1, 0.15) is 37.7 Å². The molecular formula is C33H43NO21. The zero-order chi connectivity index (χ0) is 41.0. The topological polar surface area (TPSA) is 273 Å². The minimum Gasteiger partial charge on any atom is -0.463 e. The molecule has 22 heteroatoms. The zero-order valence-corrected chi connectivity index (χ0v) is 31.2. The van der Waals surface area contributed by atoms with E-state index in [-0.39, 0.29) is 11.5 Å². The lowest BCUT2D eigenvalue weighted by Crippen LogP contribution is -2.62. The molecule has 306 valence electrons. The molecule has 55 heavy (non-hydrogen) atoms. The highest BCUT2D eigenvalue weighted by atomic mass is 16.7. The Morgan fingerprint density at radius 2 is 0.836 bits per heavy atom. The van der Waals surface area contributed by atoms with E-state index in [4.69, 9.17) is 61.4 Å². The molecule has 0 aliphatic carbocycles. The number of carbonyl (C=O) groups is 8. The van der Waals surface area contributed by atoms with Crippen LogP contribution < -0.4 is 0 Å². The number of nitrogens with zero attached hydrogens (tertiary/aromatic N) is 1. The van der Waals surface area contributed by atoms with Gasteiger partial charge in [-0.2, -0.15) is 0 Å². The van der Waals surface area contributed by atoms with Crippen molar-refractivity contribution in [2.45, 2.75) is 130 Å². The van der Waals surface area contributed by atoms with Crippen LogP contribution in [0.15, 0.2) is 10.6 Å². The standard InChI is InChI=1S/C33H43NO21/c1-14(35)43-12-24-26(47-16(3)37)28(49-18(5)39)30(51-20(7)41)32(53-24)45-10-22-9-23(55-34-22)11-46-33-31(52-21(8)42)29(50-19(6)40)27(48-17(4)38)25(54-33)13-44-15(2)36/h9,24-33H,10-13H2,1-8H3/t24-,25-,26-,27-,28+,29+,30-,31+,32-,33+/m1/s1. The third kappa shape index (κ3) is 13.9. The summed E-state index contributed by atoms with van der Waals surface area (Å²) in [6.07, 6.45) is -14.2. The van der Waals surface area contributed by atoms with E-state index in [0.717, 1.165) is 55.4 Å². The summed E-state index contributed by atoms with van der Waals surface area (Å²) in [5.41, 5.74) is 0.119. The molecule has 0 bridgehead atoms. The predicted molar refractivity (Wildman–Crippen MR) is 170 cm³/mol. The molecule has 1 aromatic rings. The first-order valence-electron chi connectivity index (χ1n) is 16.6. The predicted octanol–water partition coefficient (Wildman–Crippen LogP) is -0.126. The molecule has 0 amide bonds. The summed E-state index contributed by atoms with van der Waals surface area (Å²) in [4.78, 5) is 95.5. The minimum atomic E-state index is -1.51. The highest BCUT2D eigenvalue weighted by Gasteiger charge is 2.54. The number of esters is 8. The van der Waals surface area contributed by atoms with Crippen molar-refractivity contribution < 1.29 is 99.7 Å². The van der Waals surface area contributed by atoms with Gasteiger partial charge in [0.15, 0.2) is 55.0 Å². The van der Waals surface area contributed by atoms with Crippen molar-refractivity contribution in [2.24, 2.45) is 0 Å². The summed E-state index contributed by atoms with van der Waals surface area (Å²) < 4.78 is 71.2. The van der Waals surface area contributed by atoms with Gasteiger partial charge in [-0.3, -0.25) is 38.4 Å². The molecule has 2 fully saturated rings. The fourth-order valence-electron chi connectivity index (χ4n) is 5.47. The van der Waals surface area contributed by atoms with E-state index < -0.39 is 136 Å². The molecule has 2 saturated heterocycles. The Hall–Kier alpha value is -5.19. The molecule has 22 nitrogen and oxygen atoms in total. The maximum Gasteiger partial charge on any atom is 0.303 e. The number of rotatable bonds is 16. The molecular weight excluding hydrogens is 746 g/mol. The van der Waals surface area contributed by atoms with Gasteiger partial charge in [-0.25, -0.2) is 0 Å². The van der Waals surface area contributed by atoms with E-state index >= 15 is 0 Å². The third-order valence-electron chi connectivity index (χ3n) is 7.29. The summed E-state index contributed by atoms with van der Waals surface area (Å²) in [6.45, 7) is 6.96. The Morgan fingerprint density at radius 1 is 0.491 bits per heavy atom. The number of carbonyl (C=O) groups excluding carboxylic acids is 8. The molecule has 0 unspecified atom stereocenters. The van der Waals surface area contributed by atoms with E-state index in [1.165, 1.54) is 6.07 Å². The lowest BCUT2D eigenvalue weighted by molar-refractivity contribution is -0.311. The van der Waals surface area contributed by atoms with E-state index in [2.05, 4.69) is 5.16 Å². The molecule has 3 rings (SSSR count). The fourth-order valence-corrected chi connectivity index (χ4v) is 5.47. The second kappa shape index (κ2) is 20.5. The largest absolute Gasteiger partial charge is 0.463 e. The van der Waals surface area contributed by atoms with Crippen LogP contribution in [0.4, 0.5) is 0 Å². The van der Waals surface area contributed by atoms with Crippen molar-refractivity contribution >= 4 is 47.8 Å². The molecule has 0 N–H and O–H groups in total. The monoisotopic (exact) mass is 789 g/mol. The van der Waals surface area contributed by atoms with Crippen molar-refractivity contribution in [3.63, 3.8) is 0 Å². The van der Waals surface area contributed by atoms with Crippen LogP contribution in [0.3, 0.4) is 0 Å². The second-order valence-corrected chi connectivity index (χ2v) is 12.0. The Balaban J connectivity index is 1.83. The van der Waals surface area contributed by atoms with Gasteiger partial charge in [-0.05, 0) is 0 Å². The Kier molecular flexibility index (Phi) is 16.5. The van der Waals surface area contributed by atoms with E-state index in [1.54, 1.807) is 0 Å². The van der Waals surface area contributed by atoms with Crippen LogP contribution in [0.5, 0.6) is 0 Å². The molecule has 0 radical (unpaired) electrons. The van der Waals surface area contributed by atoms with Gasteiger partial charge >= 0.3 is 47.8 Å². The molecule has 0 saturated carbocycles. The first-order valence-corrected chi connectivity index (χ1v) is 16.6. The van der Waals surface area contributed by atoms with Crippen LogP contribution in [-0.4, -0.2) is 128 Å². The van der Waals surface area contributed by atoms with E-state index in [1.807, 2.05) is 0 Å². The summed E-state index contributed by atoms with van der Waals surface area (Å²) in [5, 5.41) is 3.90. The smallest absolute Gasteiger partial charge is 0.303 e. The van der Waals surface area contributed by atoms with Gasteiger partial charge in [0.2, 0.25) is 0 Å². The Bertz CT molecular complexity index is 1450. The van der Waals surface area contributed by atoms with Gasteiger partial charge in [0.05, 0.1) is 6.61 Å². The molecule has 3 heterocycles. The maximum atomic E-state index is 12.1. The lowest BCUT2D eigenvalue weighted by atomic mass is 9.98. The average molecular weight is 790 g/mol. The normalized spacial score (nSPS) is 27.4. The highest BCUT2D eigenvalue weighted by molar-refractivity contribution is 5.70. The number of hydrogen-bond donors (Lipinski definition) is 0. The van der Waals surface area contributed by atoms with E-state index in [0.29, 0.717) is 0 Å². The summed E-state index contributed by atoms with van der Waals surface area (Å²) in [7, 11) is 0. The average Bonchev–Trinajstić information content (AvgIpc) is 3.52. The van der Waals surface area contributed by atoms with E-state index in [9.17, 15) is 38.4 Å². The number of hydrogen-bond acceptors (Lipinski definition) is 22. The summed E-state index contributed by atoms with van der Waals surface area (Å²) in [6, 6.07) is 1.37. The third-order valence-corrected chi connectivity index (χ3v) is 7.29. The van der Waals surface area contributed by atoms with Crippen LogP contribution >= 0.6 is 0 Å². The molecule has 1 aromatic heterocycles. The van der Waals surface area contributed by atoms with Crippen LogP contribution in [0.25, 0.3) is 0 Å². The van der Waals surface area contributed by atoms with Crippen molar-refractivity contribution in [1.29, 1.82) is 0 Å². The van der Waals surface area contributed by atoms with Crippen LogP contribution in [-0.2, 0) is 108 Å². The molecule has 0 spiro atoms. The highest BCUT2D eigenvalue weighted by Crippen LogP contribution is 2.32. The van der Waals surface area contributed by atoms with Crippen LogP contribution in [0, 0.1) is 0 Å². The van der Waals surface area contributed by atoms with Crippen LogP contribution in [0.2, 0.25) is 0 Å². The number of aromatic nitrogens is 1. The molecule has 2 aliphatic heterocycles. The molecule has 0 aromatic carbocycles. The lowest BCUT2D eigenvalue weighted by Gasteiger charge is -2.44. The van der Waals surface area contributed by atoms with Crippen LogP contribution in [0.1, 0.15) is 66.8 Å². The van der Waals surface area contributed by atoms with Crippen molar-refractivity contribution in [1.82, 2.24) is 5.16 Å². The first kappa shape index (κ1) is 44.2. The Labute approximate surface area is 313 Å². The molecule has 10 atom stereocenters. The maximum absolute atomic E-state index is 12.1. The Morgan fingerprint density at radius 3 is 1.20 bits per heavy atom. The minimum absolute atomic E-state index is 0.0491. The van der Waals surface area contributed by atoms with Crippen molar-refractivity contribution in [2.75, 3.05) is 13.2 Å². The number of ether oxygens (including phenoxy) is 12. The SMILES string of the molecule is CC(=O)OC[C@H]1O[C@H](OCc2cc(CO[C@@H]3O[C@H](COC(C)=O)[C@@H](OC(C)=O)[C@H](OC(C)=O)[C@H]3OC(C)=O)no2)[C@@H](OC(C)=O)[C@@H](OC(C)=O)[C@@H]1OC(C)=O. The van der Waals surface area contributed by atoms with Crippen molar-refractivity contribution in [3.05, 3.63) is 17.5 Å². The van der Waals surface area contributed by atoms with Crippen molar-refractivity contribution in [3.8, 4) is 0 Å². The molecule has 2 aliphatic rings. The summed E-state index contributed by atoms with van der Waals surface area (Å²) in [5.74, 6) is -6.28. The van der Waals surface area contributed by atoms with Gasteiger partial charge in [-0.1, -0.05) is 5.16 Å². The first-order chi connectivity index (χ1) is 25.8. The van der Waals surface area contributed by atoms with Gasteiger partial charge in [0.25, 0.3) is 0 Å². The summed E-state index contributed by atoms with van der Waals surface area (Å²) >= 11 is 0.